The molecule has 1 aromatic rings. The van der Waals surface area contributed by atoms with Crippen molar-refractivity contribution < 1.29 is 9.47 Å². The fourth-order valence-electron chi connectivity index (χ4n) is 2.75. The molecule has 23 heavy (non-hydrogen) atoms. The van der Waals surface area contributed by atoms with E-state index in [0.29, 0.717) is 17.4 Å². The molecule has 0 radical (unpaired) electrons. The van der Waals surface area contributed by atoms with Crippen molar-refractivity contribution in [1.82, 2.24) is 10.2 Å². The van der Waals surface area contributed by atoms with Crippen molar-refractivity contribution in [2.75, 3.05) is 52.8 Å². The summed E-state index contributed by atoms with van der Waals surface area (Å²) < 4.78 is 10.6. The second-order valence-corrected chi connectivity index (χ2v) is 5.83. The number of rotatable bonds is 6. The molecule has 6 nitrogen and oxygen atoms in total. The molecular weight excluding hydrogens is 292 g/mol. The number of anilines is 1. The van der Waals surface area contributed by atoms with Crippen LogP contribution in [0.3, 0.4) is 0 Å². The number of hydrogen-bond acceptors (Lipinski definition) is 4. The fraction of sp³-hybridized carbons (Fsp3) is 0.588. The number of hydrogen-bond donors (Lipinski definition) is 2. The molecule has 128 valence electrons. The van der Waals surface area contributed by atoms with Crippen LogP contribution in [-0.4, -0.2) is 58.3 Å². The molecule has 0 amide bonds. The number of methoxy groups -OCH3 is 2. The molecule has 1 aromatic carbocycles. The van der Waals surface area contributed by atoms with Crippen molar-refractivity contribution >= 4 is 11.6 Å². The van der Waals surface area contributed by atoms with Gasteiger partial charge in [0, 0.05) is 31.4 Å². The molecule has 0 aliphatic carbocycles. The number of nitrogens with one attached hydrogen (secondary N) is 2. The SMILES string of the molecule is CCNC(=NCC1CCN(C)C1)Nc1ccc(OC)c(OC)c1. The Morgan fingerprint density at radius 3 is 2.70 bits per heavy atom. The van der Waals surface area contributed by atoms with Crippen molar-refractivity contribution in [3.05, 3.63) is 18.2 Å². The standard InChI is InChI=1S/C17H28N4O2/c1-5-18-17(19-11-13-8-9-21(2)12-13)20-14-6-7-15(22-3)16(10-14)23-4/h6-7,10,13H,5,8-9,11-12H2,1-4H3,(H2,18,19,20). The first-order valence-electron chi connectivity index (χ1n) is 8.12. The third-order valence-corrected chi connectivity index (χ3v) is 3.99. The second kappa shape index (κ2) is 8.62. The highest BCUT2D eigenvalue weighted by Crippen LogP contribution is 2.29. The van der Waals surface area contributed by atoms with Gasteiger partial charge in [-0.2, -0.15) is 0 Å². The van der Waals surface area contributed by atoms with Gasteiger partial charge in [-0.15, -0.1) is 0 Å². The highest BCUT2D eigenvalue weighted by atomic mass is 16.5. The molecule has 1 aliphatic heterocycles. The molecule has 0 aromatic heterocycles. The summed E-state index contributed by atoms with van der Waals surface area (Å²) in [6, 6.07) is 5.75. The Bertz CT molecular complexity index is 533. The Morgan fingerprint density at radius 1 is 1.30 bits per heavy atom. The molecule has 1 aliphatic rings. The van der Waals surface area contributed by atoms with Gasteiger partial charge < -0.3 is 25.0 Å². The summed E-state index contributed by atoms with van der Waals surface area (Å²) in [7, 11) is 5.43. The van der Waals surface area contributed by atoms with E-state index in [1.165, 1.54) is 13.0 Å². The van der Waals surface area contributed by atoms with Crippen LogP contribution in [0.4, 0.5) is 5.69 Å². The van der Waals surface area contributed by atoms with Crippen LogP contribution in [0.15, 0.2) is 23.2 Å². The minimum atomic E-state index is 0.640. The number of aliphatic imine (C=N–C) groups is 1. The van der Waals surface area contributed by atoms with E-state index in [4.69, 9.17) is 14.5 Å². The molecule has 1 fully saturated rings. The van der Waals surface area contributed by atoms with Gasteiger partial charge in [-0.05, 0) is 45.0 Å². The maximum atomic E-state index is 5.34. The van der Waals surface area contributed by atoms with Gasteiger partial charge in [0.25, 0.3) is 0 Å². The van der Waals surface area contributed by atoms with E-state index in [-0.39, 0.29) is 0 Å². The summed E-state index contributed by atoms with van der Waals surface area (Å²) in [6.45, 7) is 6.02. The van der Waals surface area contributed by atoms with Crippen LogP contribution in [0.2, 0.25) is 0 Å². The molecule has 1 unspecified atom stereocenters. The van der Waals surface area contributed by atoms with Crippen molar-refractivity contribution in [3.8, 4) is 11.5 Å². The first-order chi connectivity index (χ1) is 11.2. The first kappa shape index (κ1) is 17.4. The third-order valence-electron chi connectivity index (χ3n) is 3.99. The summed E-state index contributed by atoms with van der Waals surface area (Å²) in [5, 5.41) is 6.62. The predicted molar refractivity (Wildman–Crippen MR) is 94.8 cm³/mol. The topological polar surface area (TPSA) is 58.1 Å². The van der Waals surface area contributed by atoms with Gasteiger partial charge in [0.2, 0.25) is 0 Å². The molecule has 1 atom stereocenters. The lowest BCUT2D eigenvalue weighted by Crippen LogP contribution is -2.31. The monoisotopic (exact) mass is 320 g/mol. The van der Waals surface area contributed by atoms with Crippen LogP contribution in [0.1, 0.15) is 13.3 Å². The Hall–Kier alpha value is -1.95. The molecular formula is C17H28N4O2. The molecule has 2 N–H and O–H groups in total. The minimum Gasteiger partial charge on any atom is -0.493 e. The minimum absolute atomic E-state index is 0.640. The Morgan fingerprint density at radius 2 is 2.09 bits per heavy atom. The van der Waals surface area contributed by atoms with Gasteiger partial charge in [0.1, 0.15) is 0 Å². The lowest BCUT2D eigenvalue weighted by molar-refractivity contribution is 0.355. The van der Waals surface area contributed by atoms with E-state index in [1.54, 1.807) is 14.2 Å². The number of ether oxygens (including phenoxy) is 2. The summed E-state index contributed by atoms with van der Waals surface area (Å²) in [4.78, 5) is 7.07. The van der Waals surface area contributed by atoms with Gasteiger partial charge in [0.05, 0.1) is 14.2 Å². The molecule has 0 bridgehead atoms. The van der Waals surface area contributed by atoms with Crippen LogP contribution in [0.5, 0.6) is 11.5 Å². The molecule has 1 heterocycles. The zero-order valence-electron chi connectivity index (χ0n) is 14.6. The molecule has 1 saturated heterocycles. The lowest BCUT2D eigenvalue weighted by atomic mass is 10.1. The van der Waals surface area contributed by atoms with Crippen LogP contribution in [0, 0.1) is 5.92 Å². The third kappa shape index (κ3) is 5.03. The number of benzene rings is 1. The van der Waals surface area contributed by atoms with E-state index >= 15 is 0 Å². The zero-order chi connectivity index (χ0) is 16.7. The Kier molecular flexibility index (Phi) is 6.52. The van der Waals surface area contributed by atoms with E-state index in [0.717, 1.165) is 31.3 Å². The van der Waals surface area contributed by atoms with Crippen molar-refractivity contribution in [2.24, 2.45) is 10.9 Å². The highest BCUT2D eigenvalue weighted by molar-refractivity contribution is 5.93. The largest absolute Gasteiger partial charge is 0.493 e. The first-order valence-corrected chi connectivity index (χ1v) is 8.12. The van der Waals surface area contributed by atoms with Crippen LogP contribution in [0.25, 0.3) is 0 Å². The van der Waals surface area contributed by atoms with E-state index in [9.17, 15) is 0 Å². The Balaban J connectivity index is 2.03. The van der Waals surface area contributed by atoms with E-state index in [2.05, 4.69) is 29.5 Å². The average Bonchev–Trinajstić information content (AvgIpc) is 2.98. The summed E-state index contributed by atoms with van der Waals surface area (Å²) in [5.74, 6) is 2.86. The van der Waals surface area contributed by atoms with Gasteiger partial charge in [0.15, 0.2) is 17.5 Å². The summed E-state index contributed by atoms with van der Waals surface area (Å²) in [6.07, 6.45) is 1.22. The Labute approximate surface area is 138 Å². The number of likely N-dealkylation sites (tertiary alicyclic amines) is 1. The summed E-state index contributed by atoms with van der Waals surface area (Å²) >= 11 is 0. The summed E-state index contributed by atoms with van der Waals surface area (Å²) in [5.41, 5.74) is 0.922. The van der Waals surface area contributed by atoms with E-state index in [1.807, 2.05) is 18.2 Å². The highest BCUT2D eigenvalue weighted by Gasteiger charge is 2.19. The molecule has 0 spiro atoms. The van der Waals surface area contributed by atoms with Crippen molar-refractivity contribution in [3.63, 3.8) is 0 Å². The van der Waals surface area contributed by atoms with Crippen LogP contribution in [-0.2, 0) is 0 Å². The van der Waals surface area contributed by atoms with E-state index < -0.39 is 0 Å². The maximum Gasteiger partial charge on any atom is 0.195 e. The van der Waals surface area contributed by atoms with Gasteiger partial charge >= 0.3 is 0 Å². The van der Waals surface area contributed by atoms with Crippen molar-refractivity contribution in [1.29, 1.82) is 0 Å². The average molecular weight is 320 g/mol. The fourth-order valence-corrected chi connectivity index (χ4v) is 2.75. The normalized spacial score (nSPS) is 18.8. The van der Waals surface area contributed by atoms with Crippen LogP contribution >= 0.6 is 0 Å². The number of guanidine groups is 1. The van der Waals surface area contributed by atoms with Crippen molar-refractivity contribution in [2.45, 2.75) is 13.3 Å². The van der Waals surface area contributed by atoms with Gasteiger partial charge in [-0.3, -0.25) is 4.99 Å². The van der Waals surface area contributed by atoms with Gasteiger partial charge in [-0.25, -0.2) is 0 Å². The molecule has 6 heteroatoms. The number of nitrogens with zero attached hydrogens (tertiary/aromatic N) is 2. The lowest BCUT2D eigenvalue weighted by Gasteiger charge is -2.15. The molecule has 0 saturated carbocycles. The molecule has 2 rings (SSSR count). The van der Waals surface area contributed by atoms with Crippen LogP contribution < -0.4 is 20.1 Å². The van der Waals surface area contributed by atoms with Gasteiger partial charge in [-0.1, -0.05) is 0 Å². The zero-order valence-corrected chi connectivity index (χ0v) is 14.6. The maximum absolute atomic E-state index is 5.34. The predicted octanol–water partition coefficient (Wildman–Crippen LogP) is 2.03. The second-order valence-electron chi connectivity index (χ2n) is 5.83. The smallest absolute Gasteiger partial charge is 0.195 e. The quantitative estimate of drug-likeness (QED) is 0.620.